The van der Waals surface area contributed by atoms with Crippen molar-refractivity contribution in [3.63, 3.8) is 0 Å². The first-order valence-corrected chi connectivity index (χ1v) is 6.07. The minimum Gasteiger partial charge on any atom is -0.338 e. The van der Waals surface area contributed by atoms with Gasteiger partial charge in [-0.1, -0.05) is 12.8 Å². The van der Waals surface area contributed by atoms with Crippen LogP contribution < -0.4 is 11.1 Å². The van der Waals surface area contributed by atoms with Crippen LogP contribution in [0, 0.1) is 5.92 Å². The zero-order chi connectivity index (χ0) is 10.7. The SMILES string of the molecule is NCCCN1C(=O)NCC2CCCCC21. The molecule has 2 rings (SSSR count). The fraction of sp³-hybridized carbons (Fsp3) is 0.909. The Morgan fingerprint density at radius 3 is 3.00 bits per heavy atom. The van der Waals surface area contributed by atoms with E-state index in [1.165, 1.54) is 25.7 Å². The summed E-state index contributed by atoms with van der Waals surface area (Å²) >= 11 is 0. The molecular formula is C11H21N3O. The van der Waals surface area contributed by atoms with Crippen LogP contribution in [-0.2, 0) is 0 Å². The molecule has 4 heteroatoms. The van der Waals surface area contributed by atoms with Gasteiger partial charge in [-0.3, -0.25) is 0 Å². The predicted molar refractivity (Wildman–Crippen MR) is 59.5 cm³/mol. The van der Waals surface area contributed by atoms with Crippen molar-refractivity contribution in [1.82, 2.24) is 10.2 Å². The molecule has 15 heavy (non-hydrogen) atoms. The van der Waals surface area contributed by atoms with E-state index in [0.717, 1.165) is 19.5 Å². The van der Waals surface area contributed by atoms with Crippen LogP contribution in [0.1, 0.15) is 32.1 Å². The first-order valence-electron chi connectivity index (χ1n) is 6.07. The van der Waals surface area contributed by atoms with Gasteiger partial charge in [0.25, 0.3) is 0 Å². The van der Waals surface area contributed by atoms with Gasteiger partial charge in [-0.25, -0.2) is 4.79 Å². The first kappa shape index (κ1) is 10.7. The Hall–Kier alpha value is -0.770. The van der Waals surface area contributed by atoms with E-state index in [9.17, 15) is 4.79 Å². The molecule has 2 atom stereocenters. The maximum atomic E-state index is 11.7. The molecule has 0 bridgehead atoms. The number of fused-ring (bicyclic) bond motifs is 1. The van der Waals surface area contributed by atoms with Crippen LogP contribution >= 0.6 is 0 Å². The second kappa shape index (κ2) is 4.84. The number of hydrogen-bond donors (Lipinski definition) is 2. The van der Waals surface area contributed by atoms with Gasteiger partial charge >= 0.3 is 6.03 Å². The predicted octanol–water partition coefficient (Wildman–Crippen LogP) is 0.919. The van der Waals surface area contributed by atoms with Gasteiger partial charge in [0.05, 0.1) is 0 Å². The van der Waals surface area contributed by atoms with Crippen LogP contribution in [0.2, 0.25) is 0 Å². The molecule has 0 aromatic heterocycles. The van der Waals surface area contributed by atoms with Gasteiger partial charge in [-0.05, 0) is 31.7 Å². The molecule has 1 aliphatic heterocycles. The van der Waals surface area contributed by atoms with E-state index in [4.69, 9.17) is 5.73 Å². The summed E-state index contributed by atoms with van der Waals surface area (Å²) in [7, 11) is 0. The van der Waals surface area contributed by atoms with Gasteiger partial charge in [0.1, 0.15) is 0 Å². The summed E-state index contributed by atoms with van der Waals surface area (Å²) in [6, 6.07) is 0.602. The molecule has 2 fully saturated rings. The minimum absolute atomic E-state index is 0.117. The Kier molecular flexibility index (Phi) is 3.46. The Morgan fingerprint density at radius 2 is 2.20 bits per heavy atom. The summed E-state index contributed by atoms with van der Waals surface area (Å²) in [6.45, 7) is 2.37. The summed E-state index contributed by atoms with van der Waals surface area (Å²) in [5.41, 5.74) is 5.50. The molecule has 3 N–H and O–H groups in total. The van der Waals surface area contributed by atoms with E-state index in [-0.39, 0.29) is 6.03 Å². The smallest absolute Gasteiger partial charge is 0.317 e. The fourth-order valence-electron chi connectivity index (χ4n) is 2.84. The molecular weight excluding hydrogens is 190 g/mol. The van der Waals surface area contributed by atoms with Crippen molar-refractivity contribution in [1.29, 1.82) is 0 Å². The topological polar surface area (TPSA) is 58.4 Å². The summed E-state index contributed by atoms with van der Waals surface area (Å²) in [4.78, 5) is 13.7. The zero-order valence-corrected chi connectivity index (χ0v) is 9.24. The zero-order valence-electron chi connectivity index (χ0n) is 9.24. The Balaban J connectivity index is 1.99. The van der Waals surface area contributed by atoms with Crippen LogP contribution in [0.15, 0.2) is 0 Å². The molecule has 2 aliphatic rings. The van der Waals surface area contributed by atoms with E-state index < -0.39 is 0 Å². The number of carbonyl (C=O) groups excluding carboxylic acids is 1. The van der Waals surface area contributed by atoms with Crippen molar-refractivity contribution >= 4 is 6.03 Å². The third-order valence-corrected chi connectivity index (χ3v) is 3.65. The van der Waals surface area contributed by atoms with Crippen LogP contribution in [-0.4, -0.2) is 36.6 Å². The highest BCUT2D eigenvalue weighted by molar-refractivity contribution is 5.75. The molecule has 0 aromatic rings. The van der Waals surface area contributed by atoms with Crippen molar-refractivity contribution in [3.8, 4) is 0 Å². The van der Waals surface area contributed by atoms with E-state index in [1.807, 2.05) is 4.90 Å². The number of rotatable bonds is 3. The normalized spacial score (nSPS) is 31.0. The van der Waals surface area contributed by atoms with E-state index in [1.54, 1.807) is 0 Å². The van der Waals surface area contributed by atoms with Crippen molar-refractivity contribution in [2.24, 2.45) is 11.7 Å². The number of hydrogen-bond acceptors (Lipinski definition) is 2. The number of nitrogens with two attached hydrogens (primary N) is 1. The standard InChI is InChI=1S/C11H21N3O/c12-6-3-7-14-10-5-2-1-4-9(10)8-13-11(14)15/h9-10H,1-8,12H2,(H,13,15). The lowest BCUT2D eigenvalue weighted by Crippen LogP contribution is -2.58. The average Bonchev–Trinajstić information content (AvgIpc) is 2.28. The molecule has 1 saturated heterocycles. The lowest BCUT2D eigenvalue weighted by atomic mass is 9.82. The number of nitrogens with zero attached hydrogens (tertiary/aromatic N) is 1. The molecule has 4 nitrogen and oxygen atoms in total. The third-order valence-electron chi connectivity index (χ3n) is 3.65. The maximum Gasteiger partial charge on any atom is 0.317 e. The highest BCUT2D eigenvalue weighted by atomic mass is 16.2. The van der Waals surface area contributed by atoms with Gasteiger partial charge < -0.3 is 16.0 Å². The molecule has 0 aromatic carbocycles. The molecule has 0 radical (unpaired) electrons. The van der Waals surface area contributed by atoms with Gasteiger partial charge in [-0.2, -0.15) is 0 Å². The largest absolute Gasteiger partial charge is 0.338 e. The van der Waals surface area contributed by atoms with Gasteiger partial charge in [0.15, 0.2) is 0 Å². The lowest BCUT2D eigenvalue weighted by molar-refractivity contribution is 0.0942. The van der Waals surface area contributed by atoms with E-state index in [0.29, 0.717) is 18.5 Å². The van der Waals surface area contributed by atoms with E-state index in [2.05, 4.69) is 5.32 Å². The Bertz CT molecular complexity index is 232. The van der Waals surface area contributed by atoms with Crippen LogP contribution in [0.25, 0.3) is 0 Å². The van der Waals surface area contributed by atoms with Crippen LogP contribution in [0.3, 0.4) is 0 Å². The van der Waals surface area contributed by atoms with Gasteiger partial charge in [-0.15, -0.1) is 0 Å². The number of carbonyl (C=O) groups is 1. The average molecular weight is 211 g/mol. The second-order valence-electron chi connectivity index (χ2n) is 4.63. The third kappa shape index (κ3) is 2.25. The number of amides is 2. The molecule has 1 aliphatic carbocycles. The summed E-state index contributed by atoms with van der Waals surface area (Å²) < 4.78 is 0. The Labute approximate surface area is 91.2 Å². The summed E-state index contributed by atoms with van der Waals surface area (Å²) in [6.07, 6.45) is 5.96. The molecule has 1 saturated carbocycles. The highest BCUT2D eigenvalue weighted by Crippen LogP contribution is 2.30. The molecule has 1 heterocycles. The van der Waals surface area contributed by atoms with Crippen molar-refractivity contribution < 1.29 is 4.79 Å². The second-order valence-corrected chi connectivity index (χ2v) is 4.63. The fourth-order valence-corrected chi connectivity index (χ4v) is 2.84. The quantitative estimate of drug-likeness (QED) is 0.729. The van der Waals surface area contributed by atoms with Gasteiger partial charge in [0, 0.05) is 19.1 Å². The monoisotopic (exact) mass is 211 g/mol. The summed E-state index contributed by atoms with van der Waals surface area (Å²) in [5, 5.41) is 2.99. The highest BCUT2D eigenvalue weighted by Gasteiger charge is 2.36. The van der Waals surface area contributed by atoms with Crippen molar-refractivity contribution in [2.45, 2.75) is 38.1 Å². The maximum absolute atomic E-state index is 11.7. The van der Waals surface area contributed by atoms with Crippen molar-refractivity contribution in [3.05, 3.63) is 0 Å². The number of nitrogens with one attached hydrogen (secondary N) is 1. The van der Waals surface area contributed by atoms with E-state index >= 15 is 0 Å². The molecule has 2 unspecified atom stereocenters. The van der Waals surface area contributed by atoms with Crippen LogP contribution in [0.5, 0.6) is 0 Å². The summed E-state index contributed by atoms with van der Waals surface area (Å²) in [5.74, 6) is 0.675. The van der Waals surface area contributed by atoms with Gasteiger partial charge in [0.2, 0.25) is 0 Å². The first-order chi connectivity index (χ1) is 7.33. The Morgan fingerprint density at radius 1 is 1.40 bits per heavy atom. The van der Waals surface area contributed by atoms with Crippen molar-refractivity contribution in [2.75, 3.05) is 19.6 Å². The number of urea groups is 1. The minimum atomic E-state index is 0.117. The van der Waals surface area contributed by atoms with Crippen LogP contribution in [0.4, 0.5) is 4.79 Å². The molecule has 86 valence electrons. The lowest BCUT2D eigenvalue weighted by Gasteiger charge is -2.44. The molecule has 2 amide bonds. The molecule has 0 spiro atoms.